The standard InChI is InChI=1S/C12H13N5O/c18-12-10(14-15-16-6-3-4-7-16)9-13-11-5-1-2-8-17(11)12/h1-2,5,8-9H,3-4,6-7H2. The first kappa shape index (κ1) is 10.9. The maximum Gasteiger partial charge on any atom is 0.285 e. The summed E-state index contributed by atoms with van der Waals surface area (Å²) in [7, 11) is 0. The molecule has 1 fully saturated rings. The number of pyridine rings is 1. The monoisotopic (exact) mass is 243 g/mol. The summed E-state index contributed by atoms with van der Waals surface area (Å²) in [6.45, 7) is 1.82. The number of hydrogen-bond acceptors (Lipinski definition) is 4. The van der Waals surface area contributed by atoms with Gasteiger partial charge in [0, 0.05) is 19.3 Å². The molecule has 0 aliphatic carbocycles. The molecular weight excluding hydrogens is 230 g/mol. The molecule has 6 nitrogen and oxygen atoms in total. The lowest BCUT2D eigenvalue weighted by molar-refractivity contribution is 0.336. The third-order valence-corrected chi connectivity index (χ3v) is 2.96. The molecule has 0 N–H and O–H groups in total. The van der Waals surface area contributed by atoms with Crippen molar-refractivity contribution in [2.75, 3.05) is 13.1 Å². The van der Waals surface area contributed by atoms with E-state index in [0.717, 1.165) is 25.9 Å². The molecule has 2 aromatic heterocycles. The highest BCUT2D eigenvalue weighted by Gasteiger charge is 2.09. The molecular formula is C12H13N5O. The van der Waals surface area contributed by atoms with E-state index in [2.05, 4.69) is 15.3 Å². The topological polar surface area (TPSA) is 62.3 Å². The van der Waals surface area contributed by atoms with Crippen LogP contribution in [0.15, 0.2) is 45.7 Å². The van der Waals surface area contributed by atoms with Crippen LogP contribution < -0.4 is 5.56 Å². The molecule has 1 saturated heterocycles. The van der Waals surface area contributed by atoms with Gasteiger partial charge in [-0.25, -0.2) is 4.98 Å². The Balaban J connectivity index is 1.97. The van der Waals surface area contributed by atoms with Gasteiger partial charge in [-0.3, -0.25) is 14.2 Å². The molecule has 0 saturated carbocycles. The fourth-order valence-electron chi connectivity index (χ4n) is 1.99. The van der Waals surface area contributed by atoms with Gasteiger partial charge >= 0.3 is 0 Å². The minimum atomic E-state index is -0.191. The number of rotatable bonds is 2. The number of aromatic nitrogens is 2. The summed E-state index contributed by atoms with van der Waals surface area (Å²) in [6, 6.07) is 5.41. The van der Waals surface area contributed by atoms with Gasteiger partial charge in [-0.05, 0) is 25.0 Å². The highest BCUT2D eigenvalue weighted by Crippen LogP contribution is 2.11. The number of nitrogens with zero attached hydrogens (tertiary/aromatic N) is 5. The van der Waals surface area contributed by atoms with Crippen molar-refractivity contribution in [3.8, 4) is 0 Å². The SMILES string of the molecule is O=c1c(N=NN2CCCC2)cnc2ccccn12. The molecule has 1 aliphatic rings. The van der Waals surface area contributed by atoms with Crippen LogP contribution in [0.2, 0.25) is 0 Å². The van der Waals surface area contributed by atoms with E-state index in [1.165, 1.54) is 10.6 Å². The largest absolute Gasteiger partial charge is 0.285 e. The van der Waals surface area contributed by atoms with Crippen LogP contribution in [-0.2, 0) is 0 Å². The first-order valence-electron chi connectivity index (χ1n) is 5.97. The van der Waals surface area contributed by atoms with Crippen molar-refractivity contribution in [2.24, 2.45) is 10.3 Å². The predicted octanol–water partition coefficient (Wildman–Crippen LogP) is 1.79. The van der Waals surface area contributed by atoms with E-state index in [-0.39, 0.29) is 11.2 Å². The molecule has 92 valence electrons. The Kier molecular flexibility index (Phi) is 2.76. The van der Waals surface area contributed by atoms with Gasteiger partial charge < -0.3 is 0 Å². The highest BCUT2D eigenvalue weighted by atomic mass is 16.1. The minimum absolute atomic E-state index is 0.191. The highest BCUT2D eigenvalue weighted by molar-refractivity contribution is 5.42. The van der Waals surface area contributed by atoms with Crippen LogP contribution in [0, 0.1) is 0 Å². The third-order valence-electron chi connectivity index (χ3n) is 2.96. The summed E-state index contributed by atoms with van der Waals surface area (Å²) in [6.07, 6.45) is 5.42. The fraction of sp³-hybridized carbons (Fsp3) is 0.333. The Morgan fingerprint density at radius 3 is 2.89 bits per heavy atom. The van der Waals surface area contributed by atoms with E-state index in [0.29, 0.717) is 5.65 Å². The number of hydrogen-bond donors (Lipinski definition) is 0. The van der Waals surface area contributed by atoms with Gasteiger partial charge in [0.15, 0.2) is 5.69 Å². The van der Waals surface area contributed by atoms with Crippen LogP contribution >= 0.6 is 0 Å². The molecule has 3 heterocycles. The van der Waals surface area contributed by atoms with E-state index in [1.54, 1.807) is 18.3 Å². The van der Waals surface area contributed by atoms with Crippen molar-refractivity contribution >= 4 is 11.3 Å². The van der Waals surface area contributed by atoms with E-state index in [4.69, 9.17) is 0 Å². The lowest BCUT2D eigenvalue weighted by Crippen LogP contribution is -2.14. The van der Waals surface area contributed by atoms with Crippen molar-refractivity contribution < 1.29 is 0 Å². The van der Waals surface area contributed by atoms with E-state index < -0.39 is 0 Å². The zero-order chi connectivity index (χ0) is 12.4. The molecule has 0 bridgehead atoms. The van der Waals surface area contributed by atoms with Gasteiger partial charge in [0.05, 0.1) is 6.20 Å². The van der Waals surface area contributed by atoms with Gasteiger partial charge in [0.2, 0.25) is 0 Å². The maximum atomic E-state index is 12.1. The van der Waals surface area contributed by atoms with E-state index in [1.807, 2.05) is 11.1 Å². The minimum Gasteiger partial charge on any atom is -0.278 e. The first-order chi connectivity index (χ1) is 8.84. The van der Waals surface area contributed by atoms with E-state index >= 15 is 0 Å². The van der Waals surface area contributed by atoms with Gasteiger partial charge in [0.1, 0.15) is 5.65 Å². The summed E-state index contributed by atoms with van der Waals surface area (Å²) < 4.78 is 1.47. The molecule has 0 unspecified atom stereocenters. The normalized spacial score (nSPS) is 15.9. The molecule has 0 spiro atoms. The fourth-order valence-corrected chi connectivity index (χ4v) is 1.99. The third kappa shape index (κ3) is 1.97. The van der Waals surface area contributed by atoms with Crippen LogP contribution in [0.25, 0.3) is 5.65 Å². The average molecular weight is 243 g/mol. The van der Waals surface area contributed by atoms with Crippen molar-refractivity contribution in [1.29, 1.82) is 0 Å². The molecule has 1 aliphatic heterocycles. The molecule has 6 heteroatoms. The van der Waals surface area contributed by atoms with Crippen LogP contribution in [0.5, 0.6) is 0 Å². The Labute approximate surface area is 104 Å². The summed E-state index contributed by atoms with van der Waals surface area (Å²) >= 11 is 0. The maximum absolute atomic E-state index is 12.1. The van der Waals surface area contributed by atoms with Crippen molar-refractivity contribution in [1.82, 2.24) is 14.4 Å². The molecule has 0 amide bonds. The predicted molar refractivity (Wildman–Crippen MR) is 66.8 cm³/mol. The second-order valence-electron chi connectivity index (χ2n) is 4.23. The summed E-state index contributed by atoms with van der Waals surface area (Å²) in [5.41, 5.74) is 0.691. The van der Waals surface area contributed by atoms with Gasteiger partial charge in [-0.1, -0.05) is 11.3 Å². The van der Waals surface area contributed by atoms with Crippen molar-refractivity contribution in [3.63, 3.8) is 0 Å². The van der Waals surface area contributed by atoms with Crippen LogP contribution in [0.1, 0.15) is 12.8 Å². The van der Waals surface area contributed by atoms with Crippen molar-refractivity contribution in [2.45, 2.75) is 12.8 Å². The Hall–Kier alpha value is -2.24. The zero-order valence-corrected chi connectivity index (χ0v) is 9.86. The lowest BCUT2D eigenvalue weighted by Gasteiger charge is -2.06. The number of fused-ring (bicyclic) bond motifs is 1. The first-order valence-corrected chi connectivity index (χ1v) is 5.97. The summed E-state index contributed by atoms with van der Waals surface area (Å²) in [4.78, 5) is 16.3. The van der Waals surface area contributed by atoms with E-state index in [9.17, 15) is 4.79 Å². The summed E-state index contributed by atoms with van der Waals surface area (Å²) in [5.74, 6) is 0. The quantitative estimate of drug-likeness (QED) is 0.755. The van der Waals surface area contributed by atoms with Crippen LogP contribution in [-0.4, -0.2) is 27.5 Å². The molecule has 0 aromatic carbocycles. The van der Waals surface area contributed by atoms with Crippen LogP contribution in [0.3, 0.4) is 0 Å². The molecule has 0 atom stereocenters. The Morgan fingerprint density at radius 1 is 1.22 bits per heavy atom. The molecule has 2 aromatic rings. The van der Waals surface area contributed by atoms with Crippen molar-refractivity contribution in [3.05, 3.63) is 40.9 Å². The van der Waals surface area contributed by atoms with Gasteiger partial charge in [0.25, 0.3) is 5.56 Å². The van der Waals surface area contributed by atoms with Gasteiger partial charge in [-0.2, -0.15) is 0 Å². The average Bonchev–Trinajstić information content (AvgIpc) is 2.91. The lowest BCUT2D eigenvalue weighted by atomic mass is 10.4. The summed E-state index contributed by atoms with van der Waals surface area (Å²) in [5, 5.41) is 9.93. The molecule has 3 rings (SSSR count). The molecule has 18 heavy (non-hydrogen) atoms. The van der Waals surface area contributed by atoms with Crippen LogP contribution in [0.4, 0.5) is 5.69 Å². The molecule has 0 radical (unpaired) electrons. The Morgan fingerprint density at radius 2 is 2.06 bits per heavy atom. The second-order valence-corrected chi connectivity index (χ2v) is 4.23. The van der Waals surface area contributed by atoms with Gasteiger partial charge in [-0.15, -0.1) is 5.11 Å². The second kappa shape index (κ2) is 4.56. The Bertz CT molecular complexity index is 642. The smallest absolute Gasteiger partial charge is 0.278 e. The zero-order valence-electron chi connectivity index (χ0n) is 9.86.